The summed E-state index contributed by atoms with van der Waals surface area (Å²) < 4.78 is 0. The van der Waals surface area contributed by atoms with Crippen LogP contribution in [-0.2, 0) is 0 Å². The summed E-state index contributed by atoms with van der Waals surface area (Å²) in [6, 6.07) is 0.516. The predicted molar refractivity (Wildman–Crippen MR) is 66.5 cm³/mol. The maximum Gasteiger partial charge on any atom is 0.0965 e. The monoisotopic (exact) mass is 214 g/mol. The molecule has 2 unspecified atom stereocenters. The first-order chi connectivity index (χ1) is 7.86. The molecule has 0 aromatic carbocycles. The zero-order valence-electron chi connectivity index (χ0n) is 9.69. The highest BCUT2D eigenvalue weighted by molar-refractivity contribution is 5.34. The van der Waals surface area contributed by atoms with Crippen molar-refractivity contribution >= 4 is 0 Å². The second kappa shape index (κ2) is 3.85. The molecule has 0 fully saturated rings. The van der Waals surface area contributed by atoms with Crippen molar-refractivity contribution < 1.29 is 0 Å². The van der Waals surface area contributed by atoms with Gasteiger partial charge in [-0.05, 0) is 32.3 Å². The molecule has 16 heavy (non-hydrogen) atoms. The maximum absolute atomic E-state index is 3.60. The van der Waals surface area contributed by atoms with Gasteiger partial charge in [0.2, 0.25) is 0 Å². The van der Waals surface area contributed by atoms with Crippen LogP contribution in [0.3, 0.4) is 0 Å². The van der Waals surface area contributed by atoms with Crippen LogP contribution in [0.4, 0.5) is 0 Å². The normalized spacial score (nSPS) is 31.9. The first-order valence-electron chi connectivity index (χ1n) is 6.14. The van der Waals surface area contributed by atoms with E-state index in [0.717, 1.165) is 6.42 Å². The minimum Gasteiger partial charge on any atom is -0.367 e. The van der Waals surface area contributed by atoms with E-state index in [1.165, 1.54) is 24.2 Å². The molecular formula is C14H18N2. The van der Waals surface area contributed by atoms with E-state index in [2.05, 4.69) is 53.6 Å². The molecule has 3 rings (SSSR count). The Bertz CT molecular complexity index is 401. The van der Waals surface area contributed by atoms with Crippen molar-refractivity contribution in [2.75, 3.05) is 0 Å². The van der Waals surface area contributed by atoms with Crippen molar-refractivity contribution in [3.05, 3.63) is 47.9 Å². The summed E-state index contributed by atoms with van der Waals surface area (Å²) in [6.07, 6.45) is 17.3. The fraction of sp³-hybridized carbons (Fsp3) is 0.429. The molecule has 1 aliphatic heterocycles. The Kier molecular flexibility index (Phi) is 2.35. The molecule has 0 saturated heterocycles. The summed E-state index contributed by atoms with van der Waals surface area (Å²) in [5, 5.41) is 3.60. The first kappa shape index (κ1) is 9.76. The highest BCUT2D eigenvalue weighted by Crippen LogP contribution is 2.31. The van der Waals surface area contributed by atoms with Gasteiger partial charge >= 0.3 is 0 Å². The zero-order chi connectivity index (χ0) is 11.0. The molecule has 2 heteroatoms. The third-order valence-corrected chi connectivity index (χ3v) is 3.54. The maximum atomic E-state index is 3.60. The van der Waals surface area contributed by atoms with E-state index in [0.29, 0.717) is 12.2 Å². The molecule has 2 nitrogen and oxygen atoms in total. The van der Waals surface area contributed by atoms with Gasteiger partial charge < -0.3 is 10.2 Å². The number of rotatable bonds is 1. The Morgan fingerprint density at radius 1 is 1.31 bits per heavy atom. The Labute approximate surface area is 97.0 Å². The highest BCUT2D eigenvalue weighted by atomic mass is 15.3. The van der Waals surface area contributed by atoms with Crippen LogP contribution in [0.2, 0.25) is 0 Å². The predicted octanol–water partition coefficient (Wildman–Crippen LogP) is 2.68. The van der Waals surface area contributed by atoms with Gasteiger partial charge in [-0.3, -0.25) is 0 Å². The lowest BCUT2D eigenvalue weighted by molar-refractivity contribution is 0.239. The number of hydrogen-bond acceptors (Lipinski definition) is 2. The Hall–Kier alpha value is -1.44. The summed E-state index contributed by atoms with van der Waals surface area (Å²) in [5.41, 5.74) is 2.83. The van der Waals surface area contributed by atoms with E-state index in [9.17, 15) is 0 Å². The zero-order valence-corrected chi connectivity index (χ0v) is 9.69. The molecule has 0 spiro atoms. The summed E-state index contributed by atoms with van der Waals surface area (Å²) in [4.78, 5) is 2.50. The average Bonchev–Trinajstić information content (AvgIpc) is 2.66. The van der Waals surface area contributed by atoms with Gasteiger partial charge in [0.15, 0.2) is 0 Å². The summed E-state index contributed by atoms with van der Waals surface area (Å²) in [6.45, 7) is 2.25. The molecular weight excluding hydrogens is 196 g/mol. The van der Waals surface area contributed by atoms with Gasteiger partial charge in [-0.1, -0.05) is 30.4 Å². The summed E-state index contributed by atoms with van der Waals surface area (Å²) in [7, 11) is 0. The van der Waals surface area contributed by atoms with E-state index in [-0.39, 0.29) is 0 Å². The Morgan fingerprint density at radius 3 is 3.06 bits per heavy atom. The average molecular weight is 214 g/mol. The van der Waals surface area contributed by atoms with E-state index in [4.69, 9.17) is 0 Å². The molecule has 0 amide bonds. The number of nitrogens with zero attached hydrogens (tertiary/aromatic N) is 1. The number of nitrogens with one attached hydrogen (secondary N) is 1. The molecule has 0 radical (unpaired) electrons. The Morgan fingerprint density at radius 2 is 2.25 bits per heavy atom. The molecule has 3 aliphatic rings. The van der Waals surface area contributed by atoms with Gasteiger partial charge in [0, 0.05) is 5.70 Å². The SMILES string of the molecule is CC1NC2=C(C=CCC2)N1C1C=CC=CC1. The largest absolute Gasteiger partial charge is 0.367 e. The second-order valence-electron chi connectivity index (χ2n) is 4.65. The van der Waals surface area contributed by atoms with Crippen LogP contribution in [0.25, 0.3) is 0 Å². The molecule has 1 heterocycles. The fourth-order valence-corrected chi connectivity index (χ4v) is 2.81. The molecule has 0 saturated carbocycles. The van der Waals surface area contributed by atoms with Gasteiger partial charge in [0.1, 0.15) is 0 Å². The van der Waals surface area contributed by atoms with Crippen molar-refractivity contribution in [2.24, 2.45) is 0 Å². The first-order valence-corrected chi connectivity index (χ1v) is 6.14. The molecule has 1 N–H and O–H groups in total. The smallest absolute Gasteiger partial charge is 0.0965 e. The van der Waals surface area contributed by atoms with Crippen LogP contribution >= 0.6 is 0 Å². The minimum atomic E-state index is 0.425. The van der Waals surface area contributed by atoms with Crippen molar-refractivity contribution in [3.63, 3.8) is 0 Å². The molecule has 2 aliphatic carbocycles. The van der Waals surface area contributed by atoms with Crippen LogP contribution < -0.4 is 5.32 Å². The van der Waals surface area contributed by atoms with Crippen molar-refractivity contribution in [1.29, 1.82) is 0 Å². The Balaban J connectivity index is 1.88. The van der Waals surface area contributed by atoms with E-state index < -0.39 is 0 Å². The van der Waals surface area contributed by atoms with Gasteiger partial charge in [-0.25, -0.2) is 0 Å². The van der Waals surface area contributed by atoms with Crippen molar-refractivity contribution in [1.82, 2.24) is 10.2 Å². The third-order valence-electron chi connectivity index (χ3n) is 3.54. The molecule has 2 atom stereocenters. The van der Waals surface area contributed by atoms with Crippen LogP contribution in [-0.4, -0.2) is 17.1 Å². The van der Waals surface area contributed by atoms with Crippen LogP contribution in [0.5, 0.6) is 0 Å². The molecule has 0 aromatic rings. The summed E-state index contributed by atoms with van der Waals surface area (Å²) >= 11 is 0. The standard InChI is InChI=1S/C14H18N2/c1-11-15-13-9-5-6-10-14(13)16(11)12-7-3-2-4-8-12/h2-4,6-7,10-12,15H,5,8-9H2,1H3. The minimum absolute atomic E-state index is 0.425. The third kappa shape index (κ3) is 1.49. The fourth-order valence-electron chi connectivity index (χ4n) is 2.81. The van der Waals surface area contributed by atoms with Gasteiger partial charge in [0.05, 0.1) is 17.9 Å². The topological polar surface area (TPSA) is 15.3 Å². The second-order valence-corrected chi connectivity index (χ2v) is 4.65. The lowest BCUT2D eigenvalue weighted by Crippen LogP contribution is -2.41. The number of allylic oxidation sites excluding steroid dienone is 5. The summed E-state index contributed by atoms with van der Waals surface area (Å²) in [5.74, 6) is 0. The van der Waals surface area contributed by atoms with Crippen LogP contribution in [0.1, 0.15) is 26.2 Å². The molecule has 0 bridgehead atoms. The quantitative estimate of drug-likeness (QED) is 0.722. The van der Waals surface area contributed by atoms with Crippen molar-refractivity contribution in [2.45, 2.75) is 38.4 Å². The molecule has 0 aromatic heterocycles. The van der Waals surface area contributed by atoms with Crippen molar-refractivity contribution in [3.8, 4) is 0 Å². The van der Waals surface area contributed by atoms with Crippen LogP contribution in [0.15, 0.2) is 47.9 Å². The molecule has 84 valence electrons. The van der Waals surface area contributed by atoms with E-state index in [1.54, 1.807) is 0 Å². The van der Waals surface area contributed by atoms with Crippen LogP contribution in [0, 0.1) is 0 Å². The lowest BCUT2D eigenvalue weighted by atomic mass is 10.0. The van der Waals surface area contributed by atoms with Gasteiger partial charge in [-0.2, -0.15) is 0 Å². The van der Waals surface area contributed by atoms with E-state index in [1.807, 2.05) is 0 Å². The van der Waals surface area contributed by atoms with Gasteiger partial charge in [0.25, 0.3) is 0 Å². The van der Waals surface area contributed by atoms with E-state index >= 15 is 0 Å². The lowest BCUT2D eigenvalue weighted by Gasteiger charge is -2.33. The van der Waals surface area contributed by atoms with Gasteiger partial charge in [-0.15, -0.1) is 0 Å². The number of hydrogen-bond donors (Lipinski definition) is 1. The highest BCUT2D eigenvalue weighted by Gasteiger charge is 2.31.